The molecular formula is C12H10F3N3. The number of aryl methyl sites for hydroxylation is 1. The van der Waals surface area contributed by atoms with Crippen LogP contribution in [0, 0.1) is 17.5 Å². The van der Waals surface area contributed by atoms with Gasteiger partial charge in [-0.25, -0.2) is 17.9 Å². The van der Waals surface area contributed by atoms with E-state index in [9.17, 15) is 13.2 Å². The predicted molar refractivity (Wildman–Crippen MR) is 59.9 cm³/mol. The van der Waals surface area contributed by atoms with Gasteiger partial charge in [0.1, 0.15) is 11.5 Å². The Hall–Kier alpha value is -1.98. The Morgan fingerprint density at radius 1 is 1.06 bits per heavy atom. The molecule has 0 saturated heterocycles. The number of fused-ring (bicyclic) bond motifs is 1. The maximum Gasteiger partial charge on any atom is 0.161 e. The quantitative estimate of drug-likeness (QED) is 0.793. The van der Waals surface area contributed by atoms with Crippen molar-refractivity contribution >= 4 is 5.82 Å². The summed E-state index contributed by atoms with van der Waals surface area (Å²) in [6.07, 6.45) is 2.52. The van der Waals surface area contributed by atoms with Gasteiger partial charge in [0.15, 0.2) is 17.5 Å². The molecule has 1 aromatic carbocycles. The summed E-state index contributed by atoms with van der Waals surface area (Å²) in [6.45, 7) is 0. The molecule has 0 unspecified atom stereocenters. The van der Waals surface area contributed by atoms with Gasteiger partial charge >= 0.3 is 0 Å². The highest BCUT2D eigenvalue weighted by atomic mass is 19.2. The zero-order valence-electron chi connectivity index (χ0n) is 9.38. The summed E-state index contributed by atoms with van der Waals surface area (Å²) in [5.41, 5.74) is 7.37. The lowest BCUT2D eigenvalue weighted by atomic mass is 10.2. The SMILES string of the molecule is Nc1c2c(nn1-c1cc(F)c(F)cc1F)CCC2. The number of nitrogens with zero attached hydrogens (tertiary/aromatic N) is 2. The number of hydrogen-bond donors (Lipinski definition) is 1. The molecule has 2 N–H and O–H groups in total. The van der Waals surface area contributed by atoms with E-state index in [1.165, 1.54) is 0 Å². The summed E-state index contributed by atoms with van der Waals surface area (Å²) >= 11 is 0. The number of aromatic nitrogens is 2. The maximum absolute atomic E-state index is 13.6. The fourth-order valence-corrected chi connectivity index (χ4v) is 2.27. The lowest BCUT2D eigenvalue weighted by Gasteiger charge is -2.07. The second-order valence-corrected chi connectivity index (χ2v) is 4.29. The van der Waals surface area contributed by atoms with Crippen LogP contribution in [0.25, 0.3) is 5.69 Å². The molecule has 1 aliphatic rings. The first-order valence-corrected chi connectivity index (χ1v) is 5.59. The molecule has 0 atom stereocenters. The number of rotatable bonds is 1. The fourth-order valence-electron chi connectivity index (χ4n) is 2.27. The third kappa shape index (κ3) is 1.48. The lowest BCUT2D eigenvalue weighted by Crippen LogP contribution is -2.07. The Kier molecular flexibility index (Phi) is 2.33. The third-order valence-electron chi connectivity index (χ3n) is 3.16. The minimum absolute atomic E-state index is 0.166. The van der Waals surface area contributed by atoms with Crippen molar-refractivity contribution in [1.82, 2.24) is 9.78 Å². The van der Waals surface area contributed by atoms with Crippen molar-refractivity contribution in [1.29, 1.82) is 0 Å². The van der Waals surface area contributed by atoms with Crippen LogP contribution in [0.1, 0.15) is 17.7 Å². The molecule has 0 spiro atoms. The van der Waals surface area contributed by atoms with Crippen LogP contribution in [0.5, 0.6) is 0 Å². The van der Waals surface area contributed by atoms with Gasteiger partial charge in [0.2, 0.25) is 0 Å². The van der Waals surface area contributed by atoms with Crippen LogP contribution in [0.4, 0.5) is 19.0 Å². The maximum atomic E-state index is 13.6. The Bertz CT molecular complexity index is 634. The topological polar surface area (TPSA) is 43.8 Å². The molecule has 3 nitrogen and oxygen atoms in total. The fraction of sp³-hybridized carbons (Fsp3) is 0.250. The average molecular weight is 253 g/mol. The lowest BCUT2D eigenvalue weighted by molar-refractivity contribution is 0.491. The third-order valence-corrected chi connectivity index (χ3v) is 3.16. The number of halogens is 3. The van der Waals surface area contributed by atoms with E-state index in [1.807, 2.05) is 0 Å². The molecule has 0 radical (unpaired) electrons. The van der Waals surface area contributed by atoms with Crippen LogP contribution >= 0.6 is 0 Å². The van der Waals surface area contributed by atoms with Gasteiger partial charge in [0, 0.05) is 17.7 Å². The van der Waals surface area contributed by atoms with Crippen molar-refractivity contribution in [2.75, 3.05) is 5.73 Å². The van der Waals surface area contributed by atoms with E-state index in [-0.39, 0.29) is 5.69 Å². The van der Waals surface area contributed by atoms with Crippen molar-refractivity contribution < 1.29 is 13.2 Å². The highest BCUT2D eigenvalue weighted by Gasteiger charge is 2.23. The molecule has 0 saturated carbocycles. The number of anilines is 1. The Labute approximate surface area is 101 Å². The van der Waals surface area contributed by atoms with Crippen LogP contribution < -0.4 is 5.73 Å². The largest absolute Gasteiger partial charge is 0.383 e. The second kappa shape index (κ2) is 3.76. The van der Waals surface area contributed by atoms with Crippen molar-refractivity contribution in [3.05, 3.63) is 40.8 Å². The molecule has 94 valence electrons. The first-order chi connectivity index (χ1) is 8.58. The zero-order valence-corrected chi connectivity index (χ0v) is 9.38. The summed E-state index contributed by atoms with van der Waals surface area (Å²) in [6, 6.07) is 1.26. The molecule has 0 amide bonds. The molecule has 0 bridgehead atoms. The van der Waals surface area contributed by atoms with Gasteiger partial charge < -0.3 is 5.73 Å². The molecular weight excluding hydrogens is 243 g/mol. The van der Waals surface area contributed by atoms with E-state index < -0.39 is 17.5 Å². The smallest absolute Gasteiger partial charge is 0.161 e. The normalized spacial score (nSPS) is 13.9. The molecule has 2 aromatic rings. The molecule has 3 rings (SSSR count). The Morgan fingerprint density at radius 2 is 1.78 bits per heavy atom. The van der Waals surface area contributed by atoms with Crippen molar-refractivity contribution in [2.45, 2.75) is 19.3 Å². The molecule has 1 aliphatic carbocycles. The van der Waals surface area contributed by atoms with Gasteiger partial charge in [0.05, 0.1) is 5.69 Å². The predicted octanol–water partition coefficient (Wildman–Crippen LogP) is 2.36. The van der Waals surface area contributed by atoms with E-state index in [2.05, 4.69) is 5.10 Å². The minimum Gasteiger partial charge on any atom is -0.383 e. The van der Waals surface area contributed by atoms with Crippen LogP contribution in [-0.4, -0.2) is 9.78 Å². The molecule has 18 heavy (non-hydrogen) atoms. The van der Waals surface area contributed by atoms with Gasteiger partial charge in [-0.3, -0.25) is 0 Å². The highest BCUT2D eigenvalue weighted by Crippen LogP contribution is 2.29. The number of hydrogen-bond acceptors (Lipinski definition) is 2. The number of nitrogens with two attached hydrogens (primary N) is 1. The molecule has 1 heterocycles. The zero-order chi connectivity index (χ0) is 12.9. The summed E-state index contributed by atoms with van der Waals surface area (Å²) < 4.78 is 40.8. The van der Waals surface area contributed by atoms with Crippen LogP contribution in [0.3, 0.4) is 0 Å². The van der Waals surface area contributed by atoms with E-state index >= 15 is 0 Å². The van der Waals surface area contributed by atoms with Crippen molar-refractivity contribution in [3.63, 3.8) is 0 Å². The van der Waals surface area contributed by atoms with Crippen LogP contribution in [-0.2, 0) is 12.8 Å². The van der Waals surface area contributed by atoms with Gasteiger partial charge in [-0.05, 0) is 19.3 Å². The first kappa shape index (κ1) is 11.1. The number of nitrogen functional groups attached to an aromatic ring is 1. The second-order valence-electron chi connectivity index (χ2n) is 4.29. The van der Waals surface area contributed by atoms with Crippen molar-refractivity contribution in [2.24, 2.45) is 0 Å². The van der Waals surface area contributed by atoms with E-state index in [4.69, 9.17) is 5.73 Å². The molecule has 1 aromatic heterocycles. The molecule has 0 aliphatic heterocycles. The summed E-state index contributed by atoms with van der Waals surface area (Å²) in [5.74, 6) is -2.94. The van der Waals surface area contributed by atoms with E-state index in [0.29, 0.717) is 11.9 Å². The van der Waals surface area contributed by atoms with E-state index in [0.717, 1.165) is 41.3 Å². The van der Waals surface area contributed by atoms with Crippen LogP contribution in [0.2, 0.25) is 0 Å². The Balaban J connectivity index is 2.19. The molecule has 6 heteroatoms. The van der Waals surface area contributed by atoms with E-state index in [1.54, 1.807) is 0 Å². The van der Waals surface area contributed by atoms with Crippen molar-refractivity contribution in [3.8, 4) is 5.69 Å². The van der Waals surface area contributed by atoms with Crippen LogP contribution in [0.15, 0.2) is 12.1 Å². The Morgan fingerprint density at radius 3 is 2.50 bits per heavy atom. The standard InChI is InChI=1S/C12H10F3N3/c13-7-4-9(15)11(5-8(7)14)18-12(16)6-2-1-3-10(6)17-18/h4-5H,1-3,16H2. The molecule has 0 fully saturated rings. The average Bonchev–Trinajstić information content (AvgIpc) is 2.88. The summed E-state index contributed by atoms with van der Waals surface area (Å²) in [4.78, 5) is 0. The highest BCUT2D eigenvalue weighted by molar-refractivity contribution is 5.52. The van der Waals surface area contributed by atoms with Gasteiger partial charge in [-0.15, -0.1) is 0 Å². The first-order valence-electron chi connectivity index (χ1n) is 5.59. The van der Waals surface area contributed by atoms with Gasteiger partial charge in [0.25, 0.3) is 0 Å². The minimum atomic E-state index is -1.23. The number of benzene rings is 1. The van der Waals surface area contributed by atoms with Gasteiger partial charge in [-0.2, -0.15) is 5.10 Å². The van der Waals surface area contributed by atoms with Gasteiger partial charge in [-0.1, -0.05) is 0 Å². The summed E-state index contributed by atoms with van der Waals surface area (Å²) in [5, 5.41) is 4.15. The monoisotopic (exact) mass is 253 g/mol. The summed E-state index contributed by atoms with van der Waals surface area (Å²) in [7, 11) is 0.